The molecule has 1 unspecified atom stereocenters. The number of carbonyl (C=O) groups excluding carboxylic acids is 5. The Kier molecular flexibility index (Phi) is 9.87. The van der Waals surface area contributed by atoms with Gasteiger partial charge < -0.3 is 30.7 Å². The van der Waals surface area contributed by atoms with Crippen LogP contribution in [0.4, 0.5) is 0 Å². The summed E-state index contributed by atoms with van der Waals surface area (Å²) in [4.78, 5) is 68.6. The molecular formula is C37H46N4O7. The lowest BCUT2D eigenvalue weighted by molar-refractivity contribution is -0.144. The monoisotopic (exact) mass is 658 g/mol. The minimum absolute atomic E-state index is 0.0554. The molecule has 4 bridgehead atoms. The molecule has 1 saturated carbocycles. The van der Waals surface area contributed by atoms with Gasteiger partial charge in [0.05, 0.1) is 30.8 Å². The molecule has 4 amide bonds. The minimum atomic E-state index is -1.10. The van der Waals surface area contributed by atoms with Crippen LogP contribution in [-0.2, 0) is 48.0 Å². The molecule has 48 heavy (non-hydrogen) atoms. The number of ether oxygens (including phenoxy) is 2. The van der Waals surface area contributed by atoms with E-state index in [1.807, 2.05) is 62.4 Å². The molecule has 0 radical (unpaired) electrons. The van der Waals surface area contributed by atoms with Gasteiger partial charge in [-0.1, -0.05) is 55.7 Å². The molecule has 4 atom stereocenters. The fourth-order valence-electron chi connectivity index (χ4n) is 7.58. The van der Waals surface area contributed by atoms with E-state index in [4.69, 9.17) is 15.2 Å². The van der Waals surface area contributed by atoms with Crippen molar-refractivity contribution in [3.05, 3.63) is 65.2 Å². The molecule has 4 N–H and O–H groups in total. The van der Waals surface area contributed by atoms with Gasteiger partial charge in [-0.05, 0) is 73.8 Å². The van der Waals surface area contributed by atoms with Crippen molar-refractivity contribution in [2.24, 2.45) is 17.6 Å². The number of primary amides is 1. The average Bonchev–Trinajstić information content (AvgIpc) is 3.64. The zero-order valence-electron chi connectivity index (χ0n) is 27.7. The molecule has 11 heteroatoms. The molecule has 2 aliphatic carbocycles. The van der Waals surface area contributed by atoms with Gasteiger partial charge in [-0.15, -0.1) is 0 Å². The Bertz CT molecular complexity index is 1550. The van der Waals surface area contributed by atoms with Gasteiger partial charge in [0.15, 0.2) is 0 Å². The third kappa shape index (κ3) is 7.72. The fraction of sp³-hybridized carbons (Fsp3) is 0.541. The summed E-state index contributed by atoms with van der Waals surface area (Å²) >= 11 is 0. The zero-order valence-corrected chi connectivity index (χ0v) is 27.7. The van der Waals surface area contributed by atoms with Crippen molar-refractivity contribution in [2.45, 2.75) is 101 Å². The molecule has 11 nitrogen and oxygen atoms in total. The first-order valence-electron chi connectivity index (χ1n) is 17.2. The lowest BCUT2D eigenvalue weighted by atomic mass is 9.80. The molecule has 2 aromatic carbocycles. The standard InChI is InChI=1S/C37H46N4O7/c1-37(2)13-14-47-27-12-6-9-23(15-27)17-31(42)40-32(26-18-24-10-3-4-11-25(24)19-26)36(46)41-21-28(48-37)20-30(41)35(45)39-29(33(43)34(38)44)16-22-7-5-8-22/h3-4,6,9-12,15,22,26,28-30,32H,5,7-8,13-14,16-21H2,1-2H3,(H2,38,44)(H,39,45)(H,40,42)/t28-,29?,30+,32+/m1/s1. The summed E-state index contributed by atoms with van der Waals surface area (Å²) < 4.78 is 12.6. The molecule has 0 spiro atoms. The van der Waals surface area contributed by atoms with Crippen LogP contribution >= 0.6 is 0 Å². The first-order valence-corrected chi connectivity index (χ1v) is 17.2. The highest BCUT2D eigenvalue weighted by atomic mass is 16.5. The van der Waals surface area contributed by atoms with Gasteiger partial charge in [-0.25, -0.2) is 0 Å². The summed E-state index contributed by atoms with van der Waals surface area (Å²) in [6.45, 7) is 4.40. The zero-order chi connectivity index (χ0) is 34.0. The molecule has 0 aromatic heterocycles. The van der Waals surface area contributed by atoms with Crippen LogP contribution in [0.1, 0.15) is 69.1 Å². The maximum absolute atomic E-state index is 14.7. The van der Waals surface area contributed by atoms with E-state index in [1.165, 1.54) is 4.90 Å². The number of rotatable bonds is 7. The van der Waals surface area contributed by atoms with E-state index in [9.17, 15) is 24.0 Å². The number of nitrogens with two attached hydrogens (primary N) is 1. The average molecular weight is 659 g/mol. The van der Waals surface area contributed by atoms with Crippen molar-refractivity contribution in [3.63, 3.8) is 0 Å². The summed E-state index contributed by atoms with van der Waals surface area (Å²) in [6, 6.07) is 12.4. The number of Topliss-reactive ketones (excluding diaryl/α,β-unsaturated/α-hetero) is 1. The second-order valence-corrected chi connectivity index (χ2v) is 14.5. The van der Waals surface area contributed by atoms with Crippen molar-refractivity contribution in [1.29, 1.82) is 0 Å². The molecule has 2 fully saturated rings. The largest absolute Gasteiger partial charge is 0.493 e. The first-order chi connectivity index (χ1) is 23.0. The smallest absolute Gasteiger partial charge is 0.287 e. The Hall–Kier alpha value is -4.25. The highest BCUT2D eigenvalue weighted by Crippen LogP contribution is 2.34. The molecule has 2 aliphatic heterocycles. The summed E-state index contributed by atoms with van der Waals surface area (Å²) in [5.74, 6) is -2.53. The van der Waals surface area contributed by atoms with Crippen LogP contribution < -0.4 is 21.1 Å². The first kappa shape index (κ1) is 33.6. The van der Waals surface area contributed by atoms with E-state index < -0.39 is 47.4 Å². The predicted molar refractivity (Wildman–Crippen MR) is 177 cm³/mol. The highest BCUT2D eigenvalue weighted by Gasteiger charge is 2.47. The lowest BCUT2D eigenvalue weighted by Crippen LogP contribution is -2.58. The number of benzene rings is 2. The van der Waals surface area contributed by atoms with Crippen LogP contribution in [0.2, 0.25) is 0 Å². The number of amides is 4. The molecule has 256 valence electrons. The van der Waals surface area contributed by atoms with Crippen molar-refractivity contribution in [1.82, 2.24) is 15.5 Å². The number of nitrogens with zero attached hydrogens (tertiary/aromatic N) is 1. The Morgan fingerprint density at radius 2 is 1.79 bits per heavy atom. The minimum Gasteiger partial charge on any atom is -0.493 e. The second-order valence-electron chi connectivity index (χ2n) is 14.5. The number of hydrogen-bond acceptors (Lipinski definition) is 7. The van der Waals surface area contributed by atoms with Gasteiger partial charge in [0, 0.05) is 19.4 Å². The van der Waals surface area contributed by atoms with Gasteiger partial charge >= 0.3 is 0 Å². The van der Waals surface area contributed by atoms with E-state index in [2.05, 4.69) is 10.6 Å². The van der Waals surface area contributed by atoms with E-state index in [-0.39, 0.29) is 43.0 Å². The van der Waals surface area contributed by atoms with E-state index in [0.29, 0.717) is 38.0 Å². The maximum Gasteiger partial charge on any atom is 0.287 e. The SMILES string of the molecule is CC1(C)CCOc2cccc(c2)CC(=O)N[C@@H](C2Cc3ccccc3C2)C(=O)N2C[C@@H](C[C@H]2C(=O)NC(CC2CCC2)C(=O)C(N)=O)O1. The molecule has 6 rings (SSSR count). The number of hydrogen-bond donors (Lipinski definition) is 3. The quantitative estimate of drug-likeness (QED) is 0.386. The van der Waals surface area contributed by atoms with Crippen LogP contribution in [-0.4, -0.2) is 77.3 Å². The van der Waals surface area contributed by atoms with Gasteiger partial charge in [0.1, 0.15) is 17.8 Å². The molecule has 2 aromatic rings. The van der Waals surface area contributed by atoms with Crippen LogP contribution in [0.3, 0.4) is 0 Å². The van der Waals surface area contributed by atoms with Crippen molar-refractivity contribution < 1.29 is 33.4 Å². The number of fused-ring (bicyclic) bond motifs is 5. The van der Waals surface area contributed by atoms with E-state index in [0.717, 1.165) is 36.0 Å². The fourth-order valence-corrected chi connectivity index (χ4v) is 7.58. The van der Waals surface area contributed by atoms with Gasteiger partial charge in [0.2, 0.25) is 23.5 Å². The Morgan fingerprint density at radius 3 is 2.46 bits per heavy atom. The molecule has 4 aliphatic rings. The molecule has 1 saturated heterocycles. The summed E-state index contributed by atoms with van der Waals surface area (Å²) in [5, 5.41) is 5.84. The Balaban J connectivity index is 1.31. The lowest BCUT2D eigenvalue weighted by Gasteiger charge is -2.33. The third-order valence-corrected chi connectivity index (χ3v) is 10.4. The Labute approximate surface area is 281 Å². The van der Waals surface area contributed by atoms with Crippen molar-refractivity contribution in [3.8, 4) is 5.75 Å². The Morgan fingerprint density at radius 1 is 1.06 bits per heavy atom. The maximum atomic E-state index is 14.7. The summed E-state index contributed by atoms with van der Waals surface area (Å²) in [6.07, 6.45) is 4.67. The number of ketones is 1. The topological polar surface area (TPSA) is 157 Å². The molecule has 2 heterocycles. The second kappa shape index (κ2) is 14.1. The van der Waals surface area contributed by atoms with E-state index in [1.54, 1.807) is 0 Å². The number of nitrogens with one attached hydrogen (secondary N) is 2. The van der Waals surface area contributed by atoms with Crippen LogP contribution in [0, 0.1) is 11.8 Å². The van der Waals surface area contributed by atoms with Crippen LogP contribution in [0.15, 0.2) is 48.5 Å². The van der Waals surface area contributed by atoms with Gasteiger partial charge in [0.25, 0.3) is 5.91 Å². The predicted octanol–water partition coefficient (Wildman–Crippen LogP) is 2.41. The number of carbonyl (C=O) groups is 5. The van der Waals surface area contributed by atoms with Gasteiger partial charge in [-0.2, -0.15) is 0 Å². The van der Waals surface area contributed by atoms with Crippen molar-refractivity contribution in [2.75, 3.05) is 13.2 Å². The third-order valence-electron chi connectivity index (χ3n) is 10.4. The molecular weight excluding hydrogens is 612 g/mol. The summed E-state index contributed by atoms with van der Waals surface area (Å²) in [7, 11) is 0. The highest BCUT2D eigenvalue weighted by molar-refractivity contribution is 6.37. The van der Waals surface area contributed by atoms with Crippen molar-refractivity contribution >= 4 is 29.4 Å². The van der Waals surface area contributed by atoms with Crippen LogP contribution in [0.25, 0.3) is 0 Å². The van der Waals surface area contributed by atoms with Gasteiger partial charge in [-0.3, -0.25) is 24.0 Å². The summed E-state index contributed by atoms with van der Waals surface area (Å²) in [5.41, 5.74) is 7.74. The van der Waals surface area contributed by atoms with Crippen LogP contribution in [0.5, 0.6) is 5.75 Å². The normalized spacial score (nSPS) is 25.3. The van der Waals surface area contributed by atoms with E-state index >= 15 is 0 Å².